The summed E-state index contributed by atoms with van der Waals surface area (Å²) >= 11 is 0. The number of rotatable bonds is 12. The van der Waals surface area contributed by atoms with Gasteiger partial charge in [-0.3, -0.25) is 24.2 Å². The van der Waals surface area contributed by atoms with E-state index in [-0.39, 0.29) is 44.4 Å². The van der Waals surface area contributed by atoms with Gasteiger partial charge in [-0.05, 0) is 90.8 Å². The molecule has 280 valence electrons. The van der Waals surface area contributed by atoms with Crippen LogP contribution in [0.1, 0.15) is 96.9 Å². The SMILES string of the molecule is C=CCC1c2cc3[nH]c(cc4nc(cc5[nH]c(cc(n2)C1(C)C)c(CC(=O)OC)c5CCC(=O)OC)C(CCC(=O)OC)=C4CC(=O)OC)c(C)c3C. The van der Waals surface area contributed by atoms with Gasteiger partial charge in [-0.25, -0.2) is 4.98 Å². The standard InChI is InChI=1S/C41H48N4O8/c1-10-11-28-35-19-30-23(3)22(2)29(42-30)18-33-26(16-39(48)52-8)24(12-14-37(46)50-6)31(43-33)20-32-25(13-15-38(47)51-7)27(17-40(49)53-9)34(44-32)21-36(45-35)41(28,4)5/h10,18-21,28,42,44H,1,11-17H2,2-9H3. The van der Waals surface area contributed by atoms with Gasteiger partial charge >= 0.3 is 23.9 Å². The number of hydrogen-bond donors (Lipinski definition) is 2. The van der Waals surface area contributed by atoms with Gasteiger partial charge in [0.15, 0.2) is 0 Å². The monoisotopic (exact) mass is 724 g/mol. The van der Waals surface area contributed by atoms with E-state index in [1.54, 1.807) is 0 Å². The van der Waals surface area contributed by atoms with Crippen molar-refractivity contribution in [1.82, 2.24) is 19.9 Å². The average molecular weight is 725 g/mol. The molecule has 0 aliphatic carbocycles. The minimum absolute atomic E-state index is 0.00382. The van der Waals surface area contributed by atoms with Gasteiger partial charge in [-0.1, -0.05) is 19.9 Å². The zero-order chi connectivity index (χ0) is 38.6. The molecular weight excluding hydrogens is 676 g/mol. The van der Waals surface area contributed by atoms with Crippen LogP contribution in [-0.4, -0.2) is 72.3 Å². The van der Waals surface area contributed by atoms with Crippen molar-refractivity contribution in [2.75, 3.05) is 28.4 Å². The highest BCUT2D eigenvalue weighted by molar-refractivity contribution is 6.00. The van der Waals surface area contributed by atoms with Crippen LogP contribution in [0.4, 0.5) is 0 Å². The van der Waals surface area contributed by atoms with Crippen LogP contribution in [0, 0.1) is 13.8 Å². The Labute approximate surface area is 309 Å². The minimum Gasteiger partial charge on any atom is -0.469 e. The van der Waals surface area contributed by atoms with Gasteiger partial charge in [0, 0.05) is 57.6 Å². The molecular formula is C41H48N4O8. The van der Waals surface area contributed by atoms with Crippen LogP contribution in [0.25, 0.3) is 33.2 Å². The van der Waals surface area contributed by atoms with Gasteiger partial charge < -0.3 is 28.9 Å². The van der Waals surface area contributed by atoms with Crippen molar-refractivity contribution in [3.8, 4) is 0 Å². The summed E-state index contributed by atoms with van der Waals surface area (Å²) in [4.78, 5) is 68.2. The second-order valence-electron chi connectivity index (χ2n) is 13.9. The average Bonchev–Trinajstić information content (AvgIpc) is 3.78. The molecule has 53 heavy (non-hydrogen) atoms. The number of nitrogens with zero attached hydrogens (tertiary/aromatic N) is 2. The van der Waals surface area contributed by atoms with Gasteiger partial charge in [-0.2, -0.15) is 0 Å². The Hall–Kier alpha value is -5.52. The quantitative estimate of drug-likeness (QED) is 0.115. The molecule has 0 radical (unpaired) electrons. The summed E-state index contributed by atoms with van der Waals surface area (Å²) in [5.74, 6) is -1.74. The fourth-order valence-electron chi connectivity index (χ4n) is 7.16. The van der Waals surface area contributed by atoms with E-state index < -0.39 is 29.3 Å². The number of H-pyrrole nitrogens is 2. The topological polar surface area (TPSA) is 163 Å². The lowest BCUT2D eigenvalue weighted by Gasteiger charge is -2.26. The number of fused-ring (bicyclic) bond motifs is 8. The van der Waals surface area contributed by atoms with Crippen LogP contribution in [0.3, 0.4) is 0 Å². The molecule has 2 aliphatic rings. The van der Waals surface area contributed by atoms with E-state index in [0.29, 0.717) is 51.1 Å². The Morgan fingerprint density at radius 3 is 1.85 bits per heavy atom. The predicted molar refractivity (Wildman–Crippen MR) is 202 cm³/mol. The number of carbonyl (C=O) groups is 4. The van der Waals surface area contributed by atoms with Crippen LogP contribution >= 0.6 is 0 Å². The van der Waals surface area contributed by atoms with Crippen LogP contribution in [0.2, 0.25) is 0 Å². The molecule has 12 nitrogen and oxygen atoms in total. The maximum atomic E-state index is 13.0. The number of methoxy groups -OCH3 is 4. The van der Waals surface area contributed by atoms with E-state index >= 15 is 0 Å². The summed E-state index contributed by atoms with van der Waals surface area (Å²) in [6, 6.07) is 7.80. The number of ether oxygens (including phenoxy) is 4. The first-order chi connectivity index (χ1) is 25.2. The lowest BCUT2D eigenvalue weighted by molar-refractivity contribution is -0.141. The van der Waals surface area contributed by atoms with E-state index in [1.165, 1.54) is 28.4 Å². The van der Waals surface area contributed by atoms with Crippen molar-refractivity contribution in [1.29, 1.82) is 0 Å². The second kappa shape index (κ2) is 16.0. The molecule has 1 unspecified atom stereocenters. The summed E-state index contributed by atoms with van der Waals surface area (Å²) in [5.41, 5.74) is 9.94. The smallest absolute Gasteiger partial charge is 0.310 e. The fraction of sp³-hybridized carbons (Fsp3) is 0.415. The highest BCUT2D eigenvalue weighted by Crippen LogP contribution is 2.45. The van der Waals surface area contributed by atoms with Crippen molar-refractivity contribution in [2.24, 2.45) is 0 Å². The predicted octanol–water partition coefficient (Wildman–Crippen LogP) is 6.82. The highest BCUT2D eigenvalue weighted by atomic mass is 16.5. The van der Waals surface area contributed by atoms with Gasteiger partial charge in [0.25, 0.3) is 0 Å². The summed E-state index contributed by atoms with van der Waals surface area (Å²) < 4.78 is 20.2. The first-order valence-corrected chi connectivity index (χ1v) is 17.6. The zero-order valence-corrected chi connectivity index (χ0v) is 31.8. The molecule has 0 spiro atoms. The molecule has 1 atom stereocenters. The first-order valence-electron chi connectivity index (χ1n) is 17.6. The lowest BCUT2D eigenvalue weighted by atomic mass is 9.75. The number of carbonyl (C=O) groups excluding carboxylic acids is 4. The fourth-order valence-corrected chi connectivity index (χ4v) is 7.16. The van der Waals surface area contributed by atoms with E-state index in [9.17, 15) is 19.2 Å². The molecule has 0 fully saturated rings. The van der Waals surface area contributed by atoms with E-state index in [2.05, 4.69) is 36.5 Å². The number of aryl methyl sites for hydroxylation is 3. The van der Waals surface area contributed by atoms with Gasteiger partial charge in [0.1, 0.15) is 0 Å². The third kappa shape index (κ3) is 7.96. The van der Waals surface area contributed by atoms with Gasteiger partial charge in [0.2, 0.25) is 0 Å². The Balaban J connectivity index is 1.99. The Bertz CT molecular complexity index is 2170. The molecule has 0 saturated carbocycles. The van der Waals surface area contributed by atoms with Crippen LogP contribution in [0.15, 0.2) is 36.9 Å². The molecule has 3 aromatic rings. The Morgan fingerprint density at radius 1 is 0.698 bits per heavy atom. The molecule has 5 rings (SSSR count). The molecule has 2 N–H and O–H groups in total. The number of aromatic amines is 2. The summed E-state index contributed by atoms with van der Waals surface area (Å²) in [7, 11) is 5.32. The van der Waals surface area contributed by atoms with E-state index in [0.717, 1.165) is 33.5 Å². The molecule has 5 heterocycles. The van der Waals surface area contributed by atoms with Crippen LogP contribution in [-0.2, 0) is 56.4 Å². The first kappa shape index (κ1) is 38.7. The maximum absolute atomic E-state index is 13.0. The van der Waals surface area contributed by atoms with Crippen molar-refractivity contribution in [2.45, 2.75) is 84.0 Å². The third-order valence-electron chi connectivity index (χ3n) is 10.5. The van der Waals surface area contributed by atoms with Crippen molar-refractivity contribution in [3.05, 3.63) is 81.9 Å². The summed E-state index contributed by atoms with van der Waals surface area (Å²) in [6.45, 7) is 12.4. The largest absolute Gasteiger partial charge is 0.469 e. The number of aromatic nitrogens is 4. The second-order valence-corrected chi connectivity index (χ2v) is 13.9. The lowest BCUT2D eigenvalue weighted by Crippen LogP contribution is -2.21. The highest BCUT2D eigenvalue weighted by Gasteiger charge is 2.39. The normalized spacial score (nSPS) is 14.8. The number of nitrogens with one attached hydrogen (secondary N) is 2. The van der Waals surface area contributed by atoms with E-state index in [1.807, 2.05) is 38.1 Å². The van der Waals surface area contributed by atoms with Gasteiger partial charge in [0.05, 0.1) is 52.7 Å². The molecule has 2 aliphatic heterocycles. The van der Waals surface area contributed by atoms with Crippen molar-refractivity contribution < 1.29 is 38.1 Å². The minimum atomic E-state index is -0.463. The molecule has 8 bridgehead atoms. The number of esters is 4. The van der Waals surface area contributed by atoms with Crippen LogP contribution < -0.4 is 0 Å². The zero-order valence-electron chi connectivity index (χ0n) is 31.8. The number of allylic oxidation sites excluding steroid dienone is 2. The molecule has 0 saturated heterocycles. The van der Waals surface area contributed by atoms with E-state index in [4.69, 9.17) is 28.9 Å². The van der Waals surface area contributed by atoms with Crippen molar-refractivity contribution >= 4 is 57.1 Å². The Morgan fingerprint density at radius 2 is 1.23 bits per heavy atom. The molecule has 3 aromatic heterocycles. The van der Waals surface area contributed by atoms with Gasteiger partial charge in [-0.15, -0.1) is 6.58 Å². The van der Waals surface area contributed by atoms with Crippen molar-refractivity contribution in [3.63, 3.8) is 0 Å². The number of hydrogen-bond acceptors (Lipinski definition) is 10. The molecule has 0 aromatic carbocycles. The molecule has 12 heteroatoms. The van der Waals surface area contributed by atoms with Crippen LogP contribution in [0.5, 0.6) is 0 Å². The summed E-state index contributed by atoms with van der Waals surface area (Å²) in [6.07, 6.45) is 2.99. The Kier molecular flexibility index (Phi) is 11.7. The summed E-state index contributed by atoms with van der Waals surface area (Å²) in [5, 5.41) is 0. The third-order valence-corrected chi connectivity index (χ3v) is 10.5. The molecule has 0 amide bonds. The maximum Gasteiger partial charge on any atom is 0.310 e.